The van der Waals surface area contributed by atoms with Crippen molar-refractivity contribution in [1.29, 1.82) is 0 Å². The highest BCUT2D eigenvalue weighted by molar-refractivity contribution is 5.78. The van der Waals surface area contributed by atoms with Crippen molar-refractivity contribution in [3.8, 4) is 5.88 Å². The molecule has 20 heavy (non-hydrogen) atoms. The normalized spacial score (nSPS) is 21.6. The van der Waals surface area contributed by atoms with E-state index in [0.29, 0.717) is 50.2 Å². The standard InChI is InChI=1S/C12H18N6O2/c1-2-20-11-9(13)10(15-7-16-11)17-3-4-18-8(6-17)5-14-12(18)19/h7-8H,2-6,13H2,1H3,(H,14,19). The average Bonchev–Trinajstić information content (AvgIpc) is 2.82. The molecular formula is C12H18N6O2. The van der Waals surface area contributed by atoms with Crippen LogP contribution in [0, 0.1) is 0 Å². The van der Waals surface area contributed by atoms with Gasteiger partial charge >= 0.3 is 6.03 Å². The second-order valence-electron chi connectivity index (χ2n) is 4.83. The number of carbonyl (C=O) groups is 1. The Labute approximate surface area is 116 Å². The number of ether oxygens (including phenoxy) is 1. The number of hydrogen-bond donors (Lipinski definition) is 2. The molecule has 0 bridgehead atoms. The van der Waals surface area contributed by atoms with E-state index in [4.69, 9.17) is 10.5 Å². The largest absolute Gasteiger partial charge is 0.476 e. The summed E-state index contributed by atoms with van der Waals surface area (Å²) < 4.78 is 5.39. The van der Waals surface area contributed by atoms with Crippen LogP contribution < -0.4 is 20.7 Å². The summed E-state index contributed by atoms with van der Waals surface area (Å²) in [6.45, 7) is 5.15. The molecule has 0 spiro atoms. The number of urea groups is 1. The summed E-state index contributed by atoms with van der Waals surface area (Å²) in [6.07, 6.45) is 1.46. The second-order valence-corrected chi connectivity index (χ2v) is 4.83. The van der Waals surface area contributed by atoms with Gasteiger partial charge in [-0.25, -0.2) is 9.78 Å². The summed E-state index contributed by atoms with van der Waals surface area (Å²) in [5.74, 6) is 1.10. The van der Waals surface area contributed by atoms with Gasteiger partial charge in [0.25, 0.3) is 0 Å². The summed E-state index contributed by atoms with van der Waals surface area (Å²) >= 11 is 0. The zero-order valence-electron chi connectivity index (χ0n) is 11.4. The molecule has 108 valence electrons. The van der Waals surface area contributed by atoms with Gasteiger partial charge in [0, 0.05) is 26.2 Å². The van der Waals surface area contributed by atoms with E-state index >= 15 is 0 Å². The molecule has 2 fully saturated rings. The lowest BCUT2D eigenvalue weighted by molar-refractivity contribution is 0.197. The maximum Gasteiger partial charge on any atom is 0.317 e. The number of hydrogen-bond acceptors (Lipinski definition) is 6. The van der Waals surface area contributed by atoms with Crippen LogP contribution in [0.3, 0.4) is 0 Å². The van der Waals surface area contributed by atoms with Crippen molar-refractivity contribution in [2.24, 2.45) is 0 Å². The van der Waals surface area contributed by atoms with E-state index in [1.165, 1.54) is 6.33 Å². The molecule has 0 saturated carbocycles. The Morgan fingerprint density at radius 2 is 2.35 bits per heavy atom. The minimum Gasteiger partial charge on any atom is -0.476 e. The molecule has 3 heterocycles. The van der Waals surface area contributed by atoms with Gasteiger partial charge in [-0.1, -0.05) is 0 Å². The molecule has 1 atom stereocenters. The van der Waals surface area contributed by atoms with Crippen LogP contribution >= 0.6 is 0 Å². The van der Waals surface area contributed by atoms with Gasteiger partial charge in [0.1, 0.15) is 12.0 Å². The minimum atomic E-state index is 0.0142. The Kier molecular flexibility index (Phi) is 3.21. The Morgan fingerprint density at radius 1 is 1.50 bits per heavy atom. The van der Waals surface area contributed by atoms with E-state index in [1.54, 1.807) is 0 Å². The number of nitrogens with zero attached hydrogens (tertiary/aromatic N) is 4. The Balaban J connectivity index is 1.80. The first-order chi connectivity index (χ1) is 9.70. The van der Waals surface area contributed by atoms with Crippen LogP contribution in [0.25, 0.3) is 0 Å². The highest BCUT2D eigenvalue weighted by atomic mass is 16.5. The van der Waals surface area contributed by atoms with Crippen molar-refractivity contribution < 1.29 is 9.53 Å². The molecule has 1 unspecified atom stereocenters. The molecule has 0 aromatic carbocycles. The fourth-order valence-corrected chi connectivity index (χ4v) is 2.67. The molecule has 0 aliphatic carbocycles. The highest BCUT2D eigenvalue weighted by Gasteiger charge is 2.36. The van der Waals surface area contributed by atoms with Gasteiger partial charge in [-0.15, -0.1) is 0 Å². The fraction of sp³-hybridized carbons (Fsp3) is 0.583. The Morgan fingerprint density at radius 3 is 3.15 bits per heavy atom. The number of nitrogens with one attached hydrogen (secondary N) is 1. The van der Waals surface area contributed by atoms with E-state index in [-0.39, 0.29) is 12.1 Å². The van der Waals surface area contributed by atoms with Crippen LogP contribution in [0.4, 0.5) is 16.3 Å². The van der Waals surface area contributed by atoms with Gasteiger partial charge < -0.3 is 25.6 Å². The van der Waals surface area contributed by atoms with Gasteiger partial charge in [0.15, 0.2) is 5.82 Å². The van der Waals surface area contributed by atoms with Crippen LogP contribution in [0.2, 0.25) is 0 Å². The lowest BCUT2D eigenvalue weighted by atomic mass is 10.2. The molecular weight excluding hydrogens is 260 g/mol. The predicted molar refractivity (Wildman–Crippen MR) is 73.7 cm³/mol. The maximum absolute atomic E-state index is 11.6. The van der Waals surface area contributed by atoms with Gasteiger partial charge in [0.05, 0.1) is 12.6 Å². The van der Waals surface area contributed by atoms with E-state index in [9.17, 15) is 4.79 Å². The number of carbonyl (C=O) groups excluding carboxylic acids is 1. The van der Waals surface area contributed by atoms with Crippen LogP contribution in [-0.2, 0) is 0 Å². The molecule has 2 aliphatic rings. The fourth-order valence-electron chi connectivity index (χ4n) is 2.67. The Bertz CT molecular complexity index is 523. The van der Waals surface area contributed by atoms with Crippen molar-refractivity contribution in [1.82, 2.24) is 20.2 Å². The second kappa shape index (κ2) is 5.03. The quantitative estimate of drug-likeness (QED) is 0.786. The van der Waals surface area contributed by atoms with Crippen LogP contribution in [0.15, 0.2) is 6.33 Å². The molecule has 3 rings (SSSR count). The van der Waals surface area contributed by atoms with Crippen LogP contribution in [0.1, 0.15) is 6.92 Å². The highest BCUT2D eigenvalue weighted by Crippen LogP contribution is 2.29. The summed E-state index contributed by atoms with van der Waals surface area (Å²) in [5.41, 5.74) is 6.54. The zero-order valence-corrected chi connectivity index (χ0v) is 11.4. The van der Waals surface area contributed by atoms with Crippen molar-refractivity contribution in [2.75, 3.05) is 43.4 Å². The van der Waals surface area contributed by atoms with Crippen molar-refractivity contribution >= 4 is 17.5 Å². The first-order valence-electron chi connectivity index (χ1n) is 6.73. The third-order valence-electron chi connectivity index (χ3n) is 3.64. The van der Waals surface area contributed by atoms with E-state index in [2.05, 4.69) is 20.2 Å². The SMILES string of the molecule is CCOc1ncnc(N2CCN3C(=O)NCC3C2)c1N. The van der Waals surface area contributed by atoms with Gasteiger partial charge in [-0.2, -0.15) is 4.98 Å². The molecule has 1 aromatic heterocycles. The minimum absolute atomic E-state index is 0.0142. The molecule has 2 aliphatic heterocycles. The number of piperazine rings is 1. The van der Waals surface area contributed by atoms with Crippen molar-refractivity contribution in [2.45, 2.75) is 13.0 Å². The molecule has 1 aromatic rings. The van der Waals surface area contributed by atoms with Crippen molar-refractivity contribution in [3.63, 3.8) is 0 Å². The zero-order chi connectivity index (χ0) is 14.1. The van der Waals surface area contributed by atoms with Crippen molar-refractivity contribution in [3.05, 3.63) is 6.33 Å². The smallest absolute Gasteiger partial charge is 0.317 e. The topological polar surface area (TPSA) is 96.6 Å². The molecule has 8 heteroatoms. The molecule has 3 N–H and O–H groups in total. The van der Waals surface area contributed by atoms with E-state index in [0.717, 1.165) is 0 Å². The van der Waals surface area contributed by atoms with Gasteiger partial charge in [0.2, 0.25) is 5.88 Å². The number of aromatic nitrogens is 2. The molecule has 8 nitrogen and oxygen atoms in total. The lowest BCUT2D eigenvalue weighted by Gasteiger charge is -2.37. The number of rotatable bonds is 3. The van der Waals surface area contributed by atoms with E-state index < -0.39 is 0 Å². The van der Waals surface area contributed by atoms with E-state index in [1.807, 2.05) is 11.8 Å². The first-order valence-corrected chi connectivity index (χ1v) is 6.73. The third kappa shape index (κ3) is 2.06. The van der Waals surface area contributed by atoms with Crippen LogP contribution in [-0.4, -0.2) is 59.7 Å². The Hall–Kier alpha value is -2.25. The number of nitrogen functional groups attached to an aromatic ring is 1. The third-order valence-corrected chi connectivity index (χ3v) is 3.64. The summed E-state index contributed by atoms with van der Waals surface area (Å²) in [5, 5.41) is 2.85. The summed E-state index contributed by atoms with van der Waals surface area (Å²) in [4.78, 5) is 23.8. The number of amides is 2. The number of fused-ring (bicyclic) bond motifs is 1. The molecule has 2 saturated heterocycles. The number of nitrogens with two attached hydrogens (primary N) is 1. The predicted octanol–water partition coefficient (Wildman–Crippen LogP) is -0.329. The lowest BCUT2D eigenvalue weighted by Crippen LogP contribution is -2.52. The first kappa shape index (κ1) is 12.8. The molecule has 2 amide bonds. The molecule has 0 radical (unpaired) electrons. The maximum atomic E-state index is 11.6. The van der Waals surface area contributed by atoms with Gasteiger partial charge in [-0.05, 0) is 6.92 Å². The average molecular weight is 278 g/mol. The summed E-state index contributed by atoms with van der Waals surface area (Å²) in [7, 11) is 0. The van der Waals surface area contributed by atoms with Crippen LogP contribution in [0.5, 0.6) is 5.88 Å². The monoisotopic (exact) mass is 278 g/mol. The number of anilines is 2. The summed E-state index contributed by atoms with van der Waals surface area (Å²) in [6, 6.07) is 0.182. The van der Waals surface area contributed by atoms with Gasteiger partial charge in [-0.3, -0.25) is 0 Å².